The summed E-state index contributed by atoms with van der Waals surface area (Å²) in [5.74, 6) is -0.429. The minimum absolute atomic E-state index is 0.00672. The van der Waals surface area contributed by atoms with Crippen molar-refractivity contribution in [1.29, 1.82) is 0 Å². The maximum Gasteiger partial charge on any atom is 0.302 e. The van der Waals surface area contributed by atoms with Crippen molar-refractivity contribution in [2.75, 3.05) is 25.1 Å². The Hall–Kier alpha value is -4.14. The Kier molecular flexibility index (Phi) is 5.70. The Bertz CT molecular complexity index is 1530. The Morgan fingerprint density at radius 3 is 2.81 bits per heavy atom. The van der Waals surface area contributed by atoms with E-state index in [0.29, 0.717) is 37.7 Å². The van der Waals surface area contributed by atoms with Crippen LogP contribution < -0.4 is 19.5 Å². The number of ether oxygens (including phenoxy) is 3. The average Bonchev–Trinajstić information content (AvgIpc) is 3.57. The molecule has 0 aliphatic carbocycles. The fourth-order valence-corrected chi connectivity index (χ4v) is 5.14. The predicted molar refractivity (Wildman–Crippen MR) is 134 cm³/mol. The van der Waals surface area contributed by atoms with Gasteiger partial charge in [-0.1, -0.05) is 18.2 Å². The second-order valence-electron chi connectivity index (χ2n) is 9.26. The second-order valence-corrected chi connectivity index (χ2v) is 9.26. The number of carbonyl (C=O) groups excluding carboxylic acids is 1. The number of rotatable bonds is 7. The minimum Gasteiger partial charge on any atom is -0.493 e. The SMILES string of the molecule is CCOc1nc2ccc(F)c(F)c2n1-c1cccc2c1OCC2Nc1ccc2c(c1)OCC2CC(C)=O. The van der Waals surface area contributed by atoms with E-state index in [1.54, 1.807) is 19.9 Å². The number of nitrogens with one attached hydrogen (secondary N) is 1. The molecule has 2 unspecified atom stereocenters. The zero-order valence-electron chi connectivity index (χ0n) is 20.4. The van der Waals surface area contributed by atoms with E-state index in [4.69, 9.17) is 14.2 Å². The zero-order valence-corrected chi connectivity index (χ0v) is 20.4. The monoisotopic (exact) mass is 505 g/mol. The molecular formula is C28H25F2N3O4. The lowest BCUT2D eigenvalue weighted by molar-refractivity contribution is -0.117. The lowest BCUT2D eigenvalue weighted by Gasteiger charge is -2.15. The van der Waals surface area contributed by atoms with Gasteiger partial charge < -0.3 is 24.3 Å². The first kappa shape index (κ1) is 23.3. The van der Waals surface area contributed by atoms with Crippen molar-refractivity contribution >= 4 is 22.5 Å². The van der Waals surface area contributed by atoms with Gasteiger partial charge in [0.2, 0.25) is 0 Å². The van der Waals surface area contributed by atoms with Crippen molar-refractivity contribution in [2.24, 2.45) is 0 Å². The van der Waals surface area contributed by atoms with Crippen LogP contribution in [-0.4, -0.2) is 35.2 Å². The lowest BCUT2D eigenvalue weighted by atomic mass is 9.96. The molecule has 3 aromatic carbocycles. The summed E-state index contributed by atoms with van der Waals surface area (Å²) in [6, 6.07) is 13.9. The van der Waals surface area contributed by atoms with Crippen LogP contribution in [0.4, 0.5) is 14.5 Å². The van der Waals surface area contributed by atoms with Gasteiger partial charge in [0.05, 0.1) is 30.5 Å². The first-order valence-corrected chi connectivity index (χ1v) is 12.2. The Morgan fingerprint density at radius 2 is 2.00 bits per heavy atom. The average molecular weight is 506 g/mol. The van der Waals surface area contributed by atoms with E-state index in [2.05, 4.69) is 10.3 Å². The number of benzene rings is 3. The highest BCUT2D eigenvalue weighted by atomic mass is 19.2. The molecule has 9 heteroatoms. The summed E-state index contributed by atoms with van der Waals surface area (Å²) in [6.45, 7) is 4.53. The standard InChI is InChI=1S/C28H25F2N3O4/c1-3-35-28-32-21-10-9-20(29)25(30)26(21)33(28)23-6-4-5-19-22(14-37-27(19)23)31-17-7-8-18-16(11-15(2)34)13-36-24(18)12-17/h4-10,12,16,22,31H,3,11,13-14H2,1-2H3. The van der Waals surface area contributed by atoms with Gasteiger partial charge in [-0.25, -0.2) is 8.78 Å². The molecule has 3 heterocycles. The van der Waals surface area contributed by atoms with Crippen LogP contribution in [0.2, 0.25) is 0 Å². The third-order valence-corrected chi connectivity index (χ3v) is 6.76. The molecule has 4 aromatic rings. The quantitative estimate of drug-likeness (QED) is 0.347. The normalized spacial score (nSPS) is 17.7. The smallest absolute Gasteiger partial charge is 0.302 e. The van der Waals surface area contributed by atoms with E-state index in [-0.39, 0.29) is 34.8 Å². The maximum absolute atomic E-state index is 14.9. The van der Waals surface area contributed by atoms with Crippen molar-refractivity contribution < 1.29 is 27.8 Å². The van der Waals surface area contributed by atoms with E-state index in [0.717, 1.165) is 28.6 Å². The van der Waals surface area contributed by atoms with E-state index in [9.17, 15) is 13.6 Å². The van der Waals surface area contributed by atoms with Gasteiger partial charge in [-0.15, -0.1) is 0 Å². The highest BCUT2D eigenvalue weighted by molar-refractivity contribution is 5.81. The number of nitrogens with zero attached hydrogens (tertiary/aromatic N) is 2. The fourth-order valence-electron chi connectivity index (χ4n) is 5.14. The zero-order chi connectivity index (χ0) is 25.7. The summed E-state index contributed by atoms with van der Waals surface area (Å²) in [5.41, 5.74) is 3.55. The number of hydrogen-bond donors (Lipinski definition) is 1. The van der Waals surface area contributed by atoms with Crippen LogP contribution in [0.25, 0.3) is 16.7 Å². The molecule has 190 valence electrons. The van der Waals surface area contributed by atoms with Crippen molar-refractivity contribution in [3.05, 3.63) is 71.3 Å². The molecule has 0 fully saturated rings. The number of halogens is 2. The number of hydrogen-bond acceptors (Lipinski definition) is 6. The van der Waals surface area contributed by atoms with Gasteiger partial charge in [-0.3, -0.25) is 4.57 Å². The van der Waals surface area contributed by atoms with Gasteiger partial charge in [-0.2, -0.15) is 4.98 Å². The molecule has 0 amide bonds. The highest BCUT2D eigenvalue weighted by Gasteiger charge is 2.31. The molecule has 0 radical (unpaired) electrons. The van der Waals surface area contributed by atoms with E-state index >= 15 is 0 Å². The number of imidazole rings is 1. The molecular weight excluding hydrogens is 480 g/mol. The molecule has 1 aromatic heterocycles. The Morgan fingerprint density at radius 1 is 1.14 bits per heavy atom. The fraction of sp³-hybridized carbons (Fsp3) is 0.286. The molecule has 6 rings (SSSR count). The number of aromatic nitrogens is 2. The van der Waals surface area contributed by atoms with Gasteiger partial charge in [-0.05, 0) is 38.1 Å². The molecule has 2 aliphatic rings. The van der Waals surface area contributed by atoms with Gasteiger partial charge in [0.15, 0.2) is 11.6 Å². The molecule has 7 nitrogen and oxygen atoms in total. The third kappa shape index (κ3) is 3.94. The molecule has 37 heavy (non-hydrogen) atoms. The number of Topliss-reactive ketones (excluding diaryl/α,β-unsaturated/α-hetero) is 1. The number of anilines is 1. The summed E-state index contributed by atoms with van der Waals surface area (Å²) in [4.78, 5) is 15.9. The first-order chi connectivity index (χ1) is 17.9. The molecule has 0 saturated carbocycles. The van der Waals surface area contributed by atoms with Crippen LogP contribution >= 0.6 is 0 Å². The van der Waals surface area contributed by atoms with Gasteiger partial charge >= 0.3 is 6.01 Å². The number of fused-ring (bicyclic) bond motifs is 3. The van der Waals surface area contributed by atoms with Crippen LogP contribution in [0, 0.1) is 11.6 Å². The van der Waals surface area contributed by atoms with Crippen LogP contribution in [0.5, 0.6) is 17.5 Å². The maximum atomic E-state index is 14.9. The van der Waals surface area contributed by atoms with Gasteiger partial charge in [0.25, 0.3) is 0 Å². The van der Waals surface area contributed by atoms with Crippen molar-refractivity contribution in [3.63, 3.8) is 0 Å². The van der Waals surface area contributed by atoms with Crippen LogP contribution in [0.3, 0.4) is 0 Å². The van der Waals surface area contributed by atoms with Gasteiger partial charge in [0.1, 0.15) is 29.4 Å². The largest absolute Gasteiger partial charge is 0.493 e. The summed E-state index contributed by atoms with van der Waals surface area (Å²) >= 11 is 0. The van der Waals surface area contributed by atoms with E-state index in [1.165, 1.54) is 10.6 Å². The van der Waals surface area contributed by atoms with E-state index in [1.807, 2.05) is 30.3 Å². The van der Waals surface area contributed by atoms with Gasteiger partial charge in [0, 0.05) is 35.2 Å². The Balaban J connectivity index is 1.35. The molecule has 2 aliphatic heterocycles. The second kappa shape index (κ2) is 9.06. The number of para-hydroxylation sites is 1. The van der Waals surface area contributed by atoms with Crippen LogP contribution in [0.15, 0.2) is 48.5 Å². The topological polar surface area (TPSA) is 74.6 Å². The first-order valence-electron chi connectivity index (χ1n) is 12.2. The summed E-state index contributed by atoms with van der Waals surface area (Å²) in [7, 11) is 0. The summed E-state index contributed by atoms with van der Waals surface area (Å²) < 4.78 is 48.2. The summed E-state index contributed by atoms with van der Waals surface area (Å²) in [5, 5.41) is 3.49. The lowest BCUT2D eigenvalue weighted by Crippen LogP contribution is -2.11. The number of ketones is 1. The molecule has 1 N–H and O–H groups in total. The predicted octanol–water partition coefficient (Wildman–Crippen LogP) is 5.70. The molecule has 0 spiro atoms. The van der Waals surface area contributed by atoms with Crippen molar-refractivity contribution in [3.8, 4) is 23.2 Å². The summed E-state index contributed by atoms with van der Waals surface area (Å²) in [6.07, 6.45) is 0.462. The van der Waals surface area contributed by atoms with Crippen molar-refractivity contribution in [1.82, 2.24) is 9.55 Å². The molecule has 0 saturated heterocycles. The highest BCUT2D eigenvalue weighted by Crippen LogP contribution is 2.43. The molecule has 2 atom stereocenters. The van der Waals surface area contributed by atoms with Crippen molar-refractivity contribution in [2.45, 2.75) is 32.2 Å². The van der Waals surface area contributed by atoms with Crippen LogP contribution in [0.1, 0.15) is 43.4 Å². The molecule has 0 bridgehead atoms. The van der Waals surface area contributed by atoms with Crippen LogP contribution in [-0.2, 0) is 4.79 Å². The third-order valence-electron chi connectivity index (χ3n) is 6.76. The Labute approximate surface area is 212 Å². The number of carbonyl (C=O) groups is 1. The van der Waals surface area contributed by atoms with E-state index < -0.39 is 11.6 Å². The minimum atomic E-state index is -0.998.